The van der Waals surface area contributed by atoms with Gasteiger partial charge in [-0.3, -0.25) is 4.90 Å². The van der Waals surface area contributed by atoms with Gasteiger partial charge in [-0.25, -0.2) is 0 Å². The molecule has 1 heterocycles. The highest BCUT2D eigenvalue weighted by Crippen LogP contribution is 2.23. The number of ether oxygens (including phenoxy) is 1. The average molecular weight is 227 g/mol. The van der Waals surface area contributed by atoms with Crippen molar-refractivity contribution in [2.24, 2.45) is 5.41 Å². The van der Waals surface area contributed by atoms with Crippen molar-refractivity contribution in [2.75, 3.05) is 19.6 Å². The average Bonchev–Trinajstić information content (AvgIpc) is 2.16. The quantitative estimate of drug-likeness (QED) is 0.674. The van der Waals surface area contributed by atoms with Crippen LogP contribution in [0, 0.1) is 5.41 Å². The smallest absolute Gasteiger partial charge is 0.127 e. The number of carbonyl (C=O) groups excluding carboxylic acids is 1. The molecule has 1 aliphatic rings. The Hall–Kier alpha value is -0.410. The molecule has 0 N–H and O–H groups in total. The van der Waals surface area contributed by atoms with E-state index in [0.717, 1.165) is 38.8 Å². The van der Waals surface area contributed by atoms with E-state index in [1.807, 2.05) is 0 Å². The van der Waals surface area contributed by atoms with E-state index in [1.54, 1.807) is 0 Å². The van der Waals surface area contributed by atoms with Gasteiger partial charge in [0, 0.05) is 25.0 Å². The molecule has 1 aliphatic heterocycles. The van der Waals surface area contributed by atoms with E-state index < -0.39 is 0 Å². The molecule has 3 nitrogen and oxygen atoms in total. The number of hydrogen-bond donors (Lipinski definition) is 0. The Morgan fingerprint density at radius 2 is 1.94 bits per heavy atom. The maximum Gasteiger partial charge on any atom is 0.127 e. The molecule has 16 heavy (non-hydrogen) atoms. The summed E-state index contributed by atoms with van der Waals surface area (Å²) in [5.74, 6) is 0. The van der Waals surface area contributed by atoms with Crippen molar-refractivity contribution in [3.05, 3.63) is 0 Å². The topological polar surface area (TPSA) is 29.5 Å². The lowest BCUT2D eigenvalue weighted by Gasteiger charge is -2.39. The summed E-state index contributed by atoms with van der Waals surface area (Å²) in [6, 6.07) is 0. The zero-order chi connectivity index (χ0) is 12.2. The summed E-state index contributed by atoms with van der Waals surface area (Å²) in [4.78, 5) is 13.6. The lowest BCUT2D eigenvalue weighted by Crippen LogP contribution is -2.49. The maximum atomic E-state index is 11.2. The van der Waals surface area contributed by atoms with E-state index in [4.69, 9.17) is 4.74 Å². The van der Waals surface area contributed by atoms with Crippen molar-refractivity contribution in [3.63, 3.8) is 0 Å². The van der Waals surface area contributed by atoms with Crippen LogP contribution in [0.2, 0.25) is 0 Å². The number of rotatable bonds is 5. The largest absolute Gasteiger partial charge is 0.373 e. The second kappa shape index (κ2) is 5.78. The predicted molar refractivity (Wildman–Crippen MR) is 65.5 cm³/mol. The fourth-order valence-corrected chi connectivity index (χ4v) is 2.67. The molecule has 1 rings (SSSR count). The molecule has 0 aliphatic carbocycles. The van der Waals surface area contributed by atoms with Crippen LogP contribution in [0.15, 0.2) is 0 Å². The molecule has 0 aromatic heterocycles. The lowest BCUT2D eigenvalue weighted by molar-refractivity contribution is -0.120. The summed E-state index contributed by atoms with van der Waals surface area (Å²) in [6.45, 7) is 11.1. The van der Waals surface area contributed by atoms with Crippen molar-refractivity contribution in [3.8, 4) is 0 Å². The van der Waals surface area contributed by atoms with Crippen LogP contribution in [0.25, 0.3) is 0 Å². The monoisotopic (exact) mass is 227 g/mol. The van der Waals surface area contributed by atoms with Gasteiger partial charge in [0.15, 0.2) is 0 Å². The Kier molecular flexibility index (Phi) is 4.93. The Balaban J connectivity index is 2.54. The lowest BCUT2D eigenvalue weighted by atomic mass is 9.86. The zero-order valence-electron chi connectivity index (χ0n) is 11.0. The molecule has 1 fully saturated rings. The first-order valence-corrected chi connectivity index (χ1v) is 6.33. The van der Waals surface area contributed by atoms with Crippen LogP contribution in [0.5, 0.6) is 0 Å². The van der Waals surface area contributed by atoms with Gasteiger partial charge in [0.2, 0.25) is 0 Å². The molecule has 0 bridgehead atoms. The SMILES string of the molecule is CCCC(C)(C=O)CN1CC(C)OC(C)C1. The minimum atomic E-state index is -0.189. The number of morpholine rings is 1. The minimum absolute atomic E-state index is 0.189. The normalized spacial score (nSPS) is 31.0. The van der Waals surface area contributed by atoms with Crippen molar-refractivity contribution in [2.45, 2.75) is 52.7 Å². The second-order valence-corrected chi connectivity index (χ2v) is 5.47. The van der Waals surface area contributed by atoms with Crippen molar-refractivity contribution >= 4 is 6.29 Å². The van der Waals surface area contributed by atoms with Gasteiger partial charge >= 0.3 is 0 Å². The molecule has 94 valence electrons. The molecule has 3 heteroatoms. The first-order valence-electron chi connectivity index (χ1n) is 6.33. The van der Waals surface area contributed by atoms with Crippen LogP contribution >= 0.6 is 0 Å². The summed E-state index contributed by atoms with van der Waals surface area (Å²) in [6.07, 6.45) is 3.71. The van der Waals surface area contributed by atoms with Crippen LogP contribution in [0.3, 0.4) is 0 Å². The Bertz CT molecular complexity index is 222. The standard InChI is InChI=1S/C13H25NO2/c1-5-6-13(4,10-15)9-14-7-11(2)16-12(3)8-14/h10-12H,5-9H2,1-4H3. The second-order valence-electron chi connectivity index (χ2n) is 5.47. The van der Waals surface area contributed by atoms with Gasteiger partial charge in [0.05, 0.1) is 12.2 Å². The first-order chi connectivity index (χ1) is 7.49. The fourth-order valence-electron chi connectivity index (χ4n) is 2.67. The number of hydrogen-bond acceptors (Lipinski definition) is 3. The molecule has 0 aromatic rings. The summed E-state index contributed by atoms with van der Waals surface area (Å²) < 4.78 is 5.69. The van der Waals surface area contributed by atoms with Gasteiger partial charge in [-0.1, -0.05) is 20.3 Å². The molecule has 0 aromatic carbocycles. The summed E-state index contributed by atoms with van der Waals surface area (Å²) >= 11 is 0. The van der Waals surface area contributed by atoms with E-state index >= 15 is 0 Å². The van der Waals surface area contributed by atoms with Gasteiger partial charge in [-0.15, -0.1) is 0 Å². The minimum Gasteiger partial charge on any atom is -0.373 e. The Morgan fingerprint density at radius 1 is 1.38 bits per heavy atom. The molecule has 0 radical (unpaired) electrons. The van der Waals surface area contributed by atoms with Gasteiger partial charge in [0.25, 0.3) is 0 Å². The first kappa shape index (κ1) is 13.7. The van der Waals surface area contributed by atoms with E-state index in [1.165, 1.54) is 0 Å². The highest BCUT2D eigenvalue weighted by atomic mass is 16.5. The van der Waals surface area contributed by atoms with E-state index in [0.29, 0.717) is 0 Å². The van der Waals surface area contributed by atoms with Crippen LogP contribution in [0.1, 0.15) is 40.5 Å². The van der Waals surface area contributed by atoms with Crippen molar-refractivity contribution in [1.29, 1.82) is 0 Å². The van der Waals surface area contributed by atoms with Gasteiger partial charge in [0.1, 0.15) is 6.29 Å². The molecule has 3 atom stereocenters. The maximum absolute atomic E-state index is 11.2. The molecular formula is C13H25NO2. The van der Waals surface area contributed by atoms with Gasteiger partial charge < -0.3 is 9.53 Å². The molecule has 0 amide bonds. The van der Waals surface area contributed by atoms with Gasteiger partial charge in [-0.05, 0) is 20.3 Å². The third-order valence-electron chi connectivity index (χ3n) is 3.19. The zero-order valence-corrected chi connectivity index (χ0v) is 11.0. The molecular weight excluding hydrogens is 202 g/mol. The number of carbonyl (C=O) groups is 1. The van der Waals surface area contributed by atoms with E-state index in [2.05, 4.69) is 32.6 Å². The van der Waals surface area contributed by atoms with Crippen LogP contribution in [-0.4, -0.2) is 43.0 Å². The molecule has 0 spiro atoms. The van der Waals surface area contributed by atoms with E-state index in [-0.39, 0.29) is 17.6 Å². The third kappa shape index (κ3) is 3.87. The van der Waals surface area contributed by atoms with E-state index in [9.17, 15) is 4.79 Å². The summed E-state index contributed by atoms with van der Waals surface area (Å²) in [5, 5.41) is 0. The predicted octanol–water partition coefficient (Wildman–Crippen LogP) is 2.10. The van der Waals surface area contributed by atoms with Crippen LogP contribution in [-0.2, 0) is 9.53 Å². The van der Waals surface area contributed by atoms with Crippen LogP contribution in [0.4, 0.5) is 0 Å². The van der Waals surface area contributed by atoms with Crippen molar-refractivity contribution < 1.29 is 9.53 Å². The number of nitrogens with zero attached hydrogens (tertiary/aromatic N) is 1. The third-order valence-corrected chi connectivity index (χ3v) is 3.19. The molecule has 1 saturated heterocycles. The van der Waals surface area contributed by atoms with Crippen LogP contribution < -0.4 is 0 Å². The number of aldehydes is 1. The fraction of sp³-hybridized carbons (Fsp3) is 0.923. The van der Waals surface area contributed by atoms with Gasteiger partial charge in [-0.2, -0.15) is 0 Å². The Morgan fingerprint density at radius 3 is 2.38 bits per heavy atom. The molecule has 0 saturated carbocycles. The summed E-state index contributed by atoms with van der Waals surface area (Å²) in [7, 11) is 0. The highest BCUT2D eigenvalue weighted by molar-refractivity contribution is 5.59. The Labute approximate surface area is 99.1 Å². The highest BCUT2D eigenvalue weighted by Gasteiger charge is 2.30. The summed E-state index contributed by atoms with van der Waals surface area (Å²) in [5.41, 5.74) is -0.189. The van der Waals surface area contributed by atoms with Crippen molar-refractivity contribution in [1.82, 2.24) is 4.90 Å². The molecule has 3 unspecified atom stereocenters.